The molecule has 0 radical (unpaired) electrons. The zero-order valence-corrected chi connectivity index (χ0v) is 11.5. The molecule has 100 valence electrons. The van der Waals surface area contributed by atoms with Crippen LogP contribution in [0.2, 0.25) is 0 Å². The van der Waals surface area contributed by atoms with E-state index in [1.165, 1.54) is 6.42 Å². The molecular weight excluding hydrogens is 226 g/mol. The lowest BCUT2D eigenvalue weighted by atomic mass is 10.1. The van der Waals surface area contributed by atoms with E-state index in [1.54, 1.807) is 0 Å². The van der Waals surface area contributed by atoms with Crippen LogP contribution in [0.4, 0.5) is 0 Å². The molecule has 1 aliphatic heterocycles. The van der Waals surface area contributed by atoms with E-state index in [4.69, 9.17) is 0 Å². The van der Waals surface area contributed by atoms with E-state index in [0.717, 1.165) is 50.2 Å². The number of aromatic nitrogens is 2. The Kier molecular flexibility index (Phi) is 4.39. The molecule has 0 saturated carbocycles. The van der Waals surface area contributed by atoms with Gasteiger partial charge in [0.15, 0.2) is 0 Å². The van der Waals surface area contributed by atoms with Crippen LogP contribution >= 0.6 is 0 Å². The van der Waals surface area contributed by atoms with Gasteiger partial charge in [0, 0.05) is 18.8 Å². The number of carbonyl (C=O) groups excluding carboxylic acids is 1. The summed E-state index contributed by atoms with van der Waals surface area (Å²) in [6.07, 6.45) is 5.40. The third-order valence-corrected chi connectivity index (χ3v) is 3.63. The van der Waals surface area contributed by atoms with Gasteiger partial charge in [0.2, 0.25) is 5.91 Å². The molecule has 0 spiro atoms. The highest BCUT2D eigenvalue weighted by atomic mass is 16.2. The second-order valence-electron chi connectivity index (χ2n) is 4.93. The first-order valence-corrected chi connectivity index (χ1v) is 7.08. The minimum Gasteiger partial charge on any atom is -0.341 e. The van der Waals surface area contributed by atoms with Crippen molar-refractivity contribution in [3.8, 4) is 0 Å². The van der Waals surface area contributed by atoms with Gasteiger partial charge >= 0.3 is 0 Å². The quantitative estimate of drug-likeness (QED) is 0.819. The molecule has 1 fully saturated rings. The molecule has 0 aromatic carbocycles. The fraction of sp³-hybridized carbons (Fsp3) is 0.714. The fourth-order valence-corrected chi connectivity index (χ4v) is 2.48. The highest BCUT2D eigenvalue weighted by molar-refractivity contribution is 5.76. The van der Waals surface area contributed by atoms with Gasteiger partial charge in [-0.25, -0.2) is 0 Å². The summed E-state index contributed by atoms with van der Waals surface area (Å²) in [5.74, 6) is 0.218. The second-order valence-corrected chi connectivity index (χ2v) is 4.93. The summed E-state index contributed by atoms with van der Waals surface area (Å²) < 4.78 is 1.88. The smallest absolute Gasteiger partial charge is 0.244 e. The molecule has 18 heavy (non-hydrogen) atoms. The summed E-state index contributed by atoms with van der Waals surface area (Å²) in [6.45, 7) is 6.45. The van der Waals surface area contributed by atoms with Crippen LogP contribution in [0.1, 0.15) is 44.5 Å². The van der Waals surface area contributed by atoms with Gasteiger partial charge in [-0.1, -0.05) is 13.8 Å². The van der Waals surface area contributed by atoms with Gasteiger partial charge in [-0.15, -0.1) is 0 Å². The van der Waals surface area contributed by atoms with Crippen LogP contribution in [-0.4, -0.2) is 33.7 Å². The summed E-state index contributed by atoms with van der Waals surface area (Å²) >= 11 is 0. The van der Waals surface area contributed by atoms with Gasteiger partial charge in [-0.3, -0.25) is 9.48 Å². The molecule has 1 amide bonds. The van der Waals surface area contributed by atoms with Crippen molar-refractivity contribution >= 4 is 5.91 Å². The lowest BCUT2D eigenvalue weighted by Crippen LogP contribution is -2.38. The van der Waals surface area contributed by atoms with E-state index in [1.807, 2.05) is 9.58 Å². The van der Waals surface area contributed by atoms with Crippen LogP contribution in [0.15, 0.2) is 6.07 Å². The standard InChI is InChI=1S/C14H23N3O/c1-3-12-10-13(4-2)17(15-12)11-14(18)16-8-6-5-7-9-16/h10H,3-9,11H2,1-2H3. The molecule has 2 heterocycles. The van der Waals surface area contributed by atoms with Crippen molar-refractivity contribution in [1.82, 2.24) is 14.7 Å². The third-order valence-electron chi connectivity index (χ3n) is 3.63. The van der Waals surface area contributed by atoms with Crippen molar-refractivity contribution in [3.05, 3.63) is 17.5 Å². The van der Waals surface area contributed by atoms with Crippen molar-refractivity contribution in [2.45, 2.75) is 52.5 Å². The van der Waals surface area contributed by atoms with Crippen molar-refractivity contribution in [2.24, 2.45) is 0 Å². The Bertz CT molecular complexity index is 405. The Labute approximate surface area is 109 Å². The molecule has 0 unspecified atom stereocenters. The minimum atomic E-state index is 0.218. The lowest BCUT2D eigenvalue weighted by molar-refractivity contribution is -0.132. The molecule has 0 bridgehead atoms. The average molecular weight is 249 g/mol. The number of hydrogen-bond donors (Lipinski definition) is 0. The monoisotopic (exact) mass is 249 g/mol. The molecule has 2 rings (SSSR count). The van der Waals surface area contributed by atoms with E-state index < -0.39 is 0 Å². The molecule has 1 saturated heterocycles. The number of aryl methyl sites for hydroxylation is 2. The Hall–Kier alpha value is -1.32. The molecule has 0 N–H and O–H groups in total. The van der Waals surface area contributed by atoms with Crippen molar-refractivity contribution in [3.63, 3.8) is 0 Å². The summed E-state index contributed by atoms with van der Waals surface area (Å²) in [6, 6.07) is 2.11. The SMILES string of the molecule is CCc1cc(CC)n(CC(=O)N2CCCCC2)n1. The van der Waals surface area contributed by atoms with Crippen LogP contribution < -0.4 is 0 Å². The predicted octanol–water partition coefficient (Wildman–Crippen LogP) is 2.02. The topological polar surface area (TPSA) is 38.1 Å². The Morgan fingerprint density at radius 3 is 2.56 bits per heavy atom. The van der Waals surface area contributed by atoms with Gasteiger partial charge < -0.3 is 4.90 Å². The van der Waals surface area contributed by atoms with E-state index in [9.17, 15) is 4.79 Å². The minimum absolute atomic E-state index is 0.218. The number of piperidine rings is 1. The third kappa shape index (κ3) is 2.92. The van der Waals surface area contributed by atoms with Gasteiger partial charge in [-0.2, -0.15) is 5.10 Å². The normalized spacial score (nSPS) is 16.0. The number of amides is 1. The van der Waals surface area contributed by atoms with Crippen LogP contribution in [0.25, 0.3) is 0 Å². The lowest BCUT2D eigenvalue weighted by Gasteiger charge is -2.26. The molecular formula is C14H23N3O. The summed E-state index contributed by atoms with van der Waals surface area (Å²) in [5.41, 5.74) is 2.25. The molecule has 0 aliphatic carbocycles. The predicted molar refractivity (Wildman–Crippen MR) is 71.4 cm³/mol. The maximum Gasteiger partial charge on any atom is 0.244 e. The van der Waals surface area contributed by atoms with E-state index in [-0.39, 0.29) is 5.91 Å². The van der Waals surface area contributed by atoms with Gasteiger partial charge in [0.25, 0.3) is 0 Å². The van der Waals surface area contributed by atoms with Gasteiger partial charge in [0.1, 0.15) is 6.54 Å². The maximum atomic E-state index is 12.2. The number of nitrogens with zero attached hydrogens (tertiary/aromatic N) is 3. The molecule has 1 aromatic heterocycles. The molecule has 4 heteroatoms. The first kappa shape index (κ1) is 13.1. The van der Waals surface area contributed by atoms with E-state index >= 15 is 0 Å². The molecule has 0 atom stereocenters. The Morgan fingerprint density at radius 2 is 1.94 bits per heavy atom. The second kappa shape index (κ2) is 6.03. The highest BCUT2D eigenvalue weighted by Gasteiger charge is 2.18. The fourth-order valence-electron chi connectivity index (χ4n) is 2.48. The highest BCUT2D eigenvalue weighted by Crippen LogP contribution is 2.11. The summed E-state index contributed by atoms with van der Waals surface area (Å²) in [5, 5.41) is 4.50. The van der Waals surface area contributed by atoms with Crippen molar-refractivity contribution < 1.29 is 4.79 Å². The zero-order chi connectivity index (χ0) is 13.0. The zero-order valence-electron chi connectivity index (χ0n) is 11.5. The maximum absolute atomic E-state index is 12.2. The van der Waals surface area contributed by atoms with Crippen molar-refractivity contribution in [1.29, 1.82) is 0 Å². The molecule has 4 nitrogen and oxygen atoms in total. The van der Waals surface area contributed by atoms with Crippen LogP contribution in [0.3, 0.4) is 0 Å². The number of rotatable bonds is 4. The van der Waals surface area contributed by atoms with Gasteiger partial charge in [0.05, 0.1) is 5.69 Å². The van der Waals surface area contributed by atoms with E-state index in [0.29, 0.717) is 6.54 Å². The van der Waals surface area contributed by atoms with Crippen molar-refractivity contribution in [2.75, 3.05) is 13.1 Å². The first-order chi connectivity index (χ1) is 8.74. The van der Waals surface area contributed by atoms with Gasteiger partial charge in [-0.05, 0) is 38.2 Å². The number of carbonyl (C=O) groups is 1. The van der Waals surface area contributed by atoms with Crippen LogP contribution in [0, 0.1) is 0 Å². The Balaban J connectivity index is 2.03. The molecule has 1 aromatic rings. The van der Waals surface area contributed by atoms with E-state index in [2.05, 4.69) is 25.0 Å². The molecule has 1 aliphatic rings. The Morgan fingerprint density at radius 1 is 1.22 bits per heavy atom. The van der Waals surface area contributed by atoms with Crippen LogP contribution in [-0.2, 0) is 24.2 Å². The first-order valence-electron chi connectivity index (χ1n) is 7.08. The number of hydrogen-bond acceptors (Lipinski definition) is 2. The van der Waals surface area contributed by atoms with Crippen LogP contribution in [0.5, 0.6) is 0 Å². The summed E-state index contributed by atoms with van der Waals surface area (Å²) in [7, 11) is 0. The average Bonchev–Trinajstić information content (AvgIpc) is 2.82. The largest absolute Gasteiger partial charge is 0.341 e. The summed E-state index contributed by atoms with van der Waals surface area (Å²) in [4.78, 5) is 14.2. The number of likely N-dealkylation sites (tertiary alicyclic amines) is 1.